The highest BCUT2D eigenvalue weighted by Crippen LogP contribution is 2.27. The fourth-order valence-corrected chi connectivity index (χ4v) is 4.84. The SMILES string of the molecule is CCN(CC(=O)Nc1cccc(SC)c1)S(=O)(=O)c1cc(Cl)ccc1Cl. The molecule has 0 bridgehead atoms. The monoisotopic (exact) mass is 432 g/mol. The summed E-state index contributed by atoms with van der Waals surface area (Å²) >= 11 is 13.5. The number of halogens is 2. The fraction of sp³-hybridized carbons (Fsp3) is 0.235. The highest BCUT2D eigenvalue weighted by Gasteiger charge is 2.27. The van der Waals surface area contributed by atoms with Crippen LogP contribution >= 0.6 is 35.0 Å². The Labute approximate surface area is 167 Å². The maximum absolute atomic E-state index is 12.8. The molecular weight excluding hydrogens is 415 g/mol. The van der Waals surface area contributed by atoms with Gasteiger partial charge < -0.3 is 5.32 Å². The zero-order valence-corrected chi connectivity index (χ0v) is 17.3. The Morgan fingerprint density at radius 1 is 1.19 bits per heavy atom. The summed E-state index contributed by atoms with van der Waals surface area (Å²) in [6.07, 6.45) is 1.93. The van der Waals surface area contributed by atoms with E-state index in [1.54, 1.807) is 24.8 Å². The van der Waals surface area contributed by atoms with Crippen LogP contribution in [0.15, 0.2) is 52.3 Å². The first-order chi connectivity index (χ1) is 12.3. The molecular formula is C17H18Cl2N2O3S2. The molecule has 0 fully saturated rings. The first-order valence-electron chi connectivity index (χ1n) is 7.67. The maximum Gasteiger partial charge on any atom is 0.245 e. The van der Waals surface area contributed by atoms with Gasteiger partial charge in [-0.05, 0) is 42.7 Å². The van der Waals surface area contributed by atoms with Crippen molar-refractivity contribution in [3.05, 3.63) is 52.5 Å². The molecule has 1 N–H and O–H groups in total. The highest BCUT2D eigenvalue weighted by molar-refractivity contribution is 7.98. The minimum absolute atomic E-state index is 0.0564. The van der Waals surface area contributed by atoms with Gasteiger partial charge in [-0.15, -0.1) is 11.8 Å². The average molecular weight is 433 g/mol. The van der Waals surface area contributed by atoms with Crippen molar-refractivity contribution in [3.63, 3.8) is 0 Å². The molecule has 0 aliphatic rings. The van der Waals surface area contributed by atoms with E-state index in [1.165, 1.54) is 18.2 Å². The van der Waals surface area contributed by atoms with Gasteiger partial charge in [0.15, 0.2) is 0 Å². The minimum Gasteiger partial charge on any atom is -0.325 e. The Hall–Kier alpha value is -1.25. The van der Waals surface area contributed by atoms with Gasteiger partial charge in [0.1, 0.15) is 4.90 Å². The summed E-state index contributed by atoms with van der Waals surface area (Å²) in [5.74, 6) is -0.438. The number of benzene rings is 2. The summed E-state index contributed by atoms with van der Waals surface area (Å²) in [6, 6.07) is 11.5. The molecule has 140 valence electrons. The van der Waals surface area contributed by atoms with Gasteiger partial charge in [0, 0.05) is 22.2 Å². The van der Waals surface area contributed by atoms with Crippen molar-refractivity contribution in [2.75, 3.05) is 24.7 Å². The van der Waals surface area contributed by atoms with Crippen molar-refractivity contribution in [1.29, 1.82) is 0 Å². The summed E-state index contributed by atoms with van der Waals surface area (Å²) in [4.78, 5) is 13.2. The van der Waals surface area contributed by atoms with Gasteiger partial charge in [0.25, 0.3) is 0 Å². The topological polar surface area (TPSA) is 66.5 Å². The summed E-state index contributed by atoms with van der Waals surface area (Å²) in [5, 5.41) is 3.02. The Kier molecular flexibility index (Phi) is 7.37. The third-order valence-electron chi connectivity index (χ3n) is 3.54. The van der Waals surface area contributed by atoms with Crippen molar-refractivity contribution in [2.45, 2.75) is 16.7 Å². The molecule has 1 amide bonds. The lowest BCUT2D eigenvalue weighted by Gasteiger charge is -2.21. The molecule has 0 aliphatic heterocycles. The Morgan fingerprint density at radius 3 is 2.58 bits per heavy atom. The number of rotatable bonds is 7. The summed E-state index contributed by atoms with van der Waals surface area (Å²) in [5.41, 5.74) is 0.607. The summed E-state index contributed by atoms with van der Waals surface area (Å²) in [7, 11) is -3.95. The van der Waals surface area contributed by atoms with Gasteiger partial charge >= 0.3 is 0 Å². The smallest absolute Gasteiger partial charge is 0.245 e. The Bertz CT molecular complexity index is 905. The van der Waals surface area contributed by atoms with E-state index < -0.39 is 15.9 Å². The van der Waals surface area contributed by atoms with Crippen LogP contribution in [0.2, 0.25) is 10.0 Å². The Morgan fingerprint density at radius 2 is 1.92 bits per heavy atom. The Balaban J connectivity index is 2.19. The molecule has 9 heteroatoms. The van der Waals surface area contributed by atoms with Gasteiger partial charge in [-0.1, -0.05) is 36.2 Å². The molecule has 26 heavy (non-hydrogen) atoms. The molecule has 0 radical (unpaired) electrons. The number of likely N-dealkylation sites (N-methyl/N-ethyl adjacent to an activating group) is 1. The number of hydrogen-bond donors (Lipinski definition) is 1. The molecule has 2 aromatic carbocycles. The van der Waals surface area contributed by atoms with E-state index in [2.05, 4.69) is 5.32 Å². The maximum atomic E-state index is 12.8. The first-order valence-corrected chi connectivity index (χ1v) is 11.1. The van der Waals surface area contributed by atoms with Crippen LogP contribution < -0.4 is 5.32 Å². The number of nitrogens with zero attached hydrogens (tertiary/aromatic N) is 1. The predicted octanol–water partition coefficient (Wildman–Crippen LogP) is 4.36. The second-order valence-corrected chi connectivity index (χ2v) is 8.92. The number of carbonyl (C=O) groups excluding carboxylic acids is 1. The molecule has 5 nitrogen and oxygen atoms in total. The number of carbonyl (C=O) groups is 1. The molecule has 0 spiro atoms. The van der Waals surface area contributed by atoms with Crippen molar-refractivity contribution in [3.8, 4) is 0 Å². The van der Waals surface area contributed by atoms with E-state index in [4.69, 9.17) is 23.2 Å². The zero-order valence-electron chi connectivity index (χ0n) is 14.2. The van der Waals surface area contributed by atoms with Gasteiger partial charge in [-0.3, -0.25) is 4.79 Å². The van der Waals surface area contributed by atoms with Crippen LogP contribution in [0.5, 0.6) is 0 Å². The van der Waals surface area contributed by atoms with Crippen molar-refractivity contribution >= 4 is 56.6 Å². The fourth-order valence-electron chi connectivity index (χ4n) is 2.24. The summed E-state index contributed by atoms with van der Waals surface area (Å²) < 4.78 is 26.7. The molecule has 0 saturated heterocycles. The van der Waals surface area contributed by atoms with Crippen LogP contribution in [0, 0.1) is 0 Å². The number of anilines is 1. The normalized spacial score (nSPS) is 11.6. The van der Waals surface area contributed by atoms with E-state index in [0.29, 0.717) is 5.69 Å². The lowest BCUT2D eigenvalue weighted by atomic mass is 10.3. The highest BCUT2D eigenvalue weighted by atomic mass is 35.5. The van der Waals surface area contributed by atoms with Crippen LogP contribution in [-0.4, -0.2) is 38.0 Å². The van der Waals surface area contributed by atoms with E-state index in [9.17, 15) is 13.2 Å². The second-order valence-electron chi connectivity index (χ2n) is 5.29. The van der Waals surface area contributed by atoms with Crippen molar-refractivity contribution < 1.29 is 13.2 Å². The van der Waals surface area contributed by atoms with Gasteiger partial charge in [-0.25, -0.2) is 8.42 Å². The van der Waals surface area contributed by atoms with Gasteiger partial charge in [0.2, 0.25) is 15.9 Å². The van der Waals surface area contributed by atoms with Crippen LogP contribution in [-0.2, 0) is 14.8 Å². The summed E-state index contributed by atoms with van der Waals surface area (Å²) in [6.45, 7) is 1.44. The zero-order chi connectivity index (χ0) is 19.3. The molecule has 2 aromatic rings. The van der Waals surface area contributed by atoms with Crippen LogP contribution in [0.4, 0.5) is 5.69 Å². The molecule has 0 atom stereocenters. The lowest BCUT2D eigenvalue weighted by Crippen LogP contribution is -2.38. The quantitative estimate of drug-likeness (QED) is 0.659. The van der Waals surface area contributed by atoms with E-state index in [0.717, 1.165) is 9.20 Å². The average Bonchev–Trinajstić information content (AvgIpc) is 2.61. The second kappa shape index (κ2) is 9.10. The molecule has 0 heterocycles. The first kappa shape index (κ1) is 21.1. The van der Waals surface area contributed by atoms with E-state index in [1.807, 2.05) is 24.5 Å². The third kappa shape index (κ3) is 5.14. The molecule has 0 unspecified atom stereocenters. The standard InChI is InChI=1S/C17H18Cl2N2O3S2/c1-3-21(26(23,24)16-9-12(18)7-8-15(16)19)11-17(22)20-13-5-4-6-14(10-13)25-2/h4-10H,3,11H2,1-2H3,(H,20,22). The van der Waals surface area contributed by atoms with Gasteiger partial charge in [-0.2, -0.15) is 4.31 Å². The number of nitrogens with one attached hydrogen (secondary N) is 1. The molecule has 0 aliphatic carbocycles. The largest absolute Gasteiger partial charge is 0.325 e. The van der Waals surface area contributed by atoms with Crippen LogP contribution in [0.3, 0.4) is 0 Å². The van der Waals surface area contributed by atoms with Crippen molar-refractivity contribution in [1.82, 2.24) is 4.31 Å². The number of thioether (sulfide) groups is 1. The van der Waals surface area contributed by atoms with Crippen molar-refractivity contribution in [2.24, 2.45) is 0 Å². The van der Waals surface area contributed by atoms with Crippen LogP contribution in [0.25, 0.3) is 0 Å². The number of amides is 1. The molecule has 0 saturated carbocycles. The van der Waals surface area contributed by atoms with E-state index >= 15 is 0 Å². The van der Waals surface area contributed by atoms with Crippen LogP contribution in [0.1, 0.15) is 6.92 Å². The number of sulfonamides is 1. The third-order valence-corrected chi connectivity index (χ3v) is 6.90. The van der Waals surface area contributed by atoms with E-state index in [-0.39, 0.29) is 28.0 Å². The van der Waals surface area contributed by atoms with Gasteiger partial charge in [0.05, 0.1) is 11.6 Å². The number of hydrogen-bond acceptors (Lipinski definition) is 4. The minimum atomic E-state index is -3.95. The molecule has 2 rings (SSSR count). The lowest BCUT2D eigenvalue weighted by molar-refractivity contribution is -0.116. The molecule has 0 aromatic heterocycles. The predicted molar refractivity (Wildman–Crippen MR) is 108 cm³/mol.